The molecular weight excluding hydrogens is 484 g/mol. The number of amides is 1. The summed E-state index contributed by atoms with van der Waals surface area (Å²) in [5.41, 5.74) is -2.76. The molecule has 1 heterocycles. The quantitative estimate of drug-likeness (QED) is 0.466. The third-order valence-corrected chi connectivity index (χ3v) is 7.32. The number of nitrogens with one attached hydrogen (secondary N) is 1. The Morgan fingerprint density at radius 1 is 1.38 bits per heavy atom. The highest BCUT2D eigenvalue weighted by atomic mass is 35.5. The predicted octanol–water partition coefficient (Wildman–Crippen LogP) is 1.87. The van der Waals surface area contributed by atoms with E-state index in [4.69, 9.17) is 16.3 Å². The molecule has 15 heteroatoms. The first-order valence-corrected chi connectivity index (χ1v) is 11.3. The van der Waals surface area contributed by atoms with Crippen LogP contribution in [0.5, 0.6) is 6.01 Å². The SMILES string of the molecule is COc1nc(C(F)(F)F)cc(=O)n1C1CC(C(=O)NS(=O)(=O)N(C)C(C)C)C(Cl)CC1F. The van der Waals surface area contributed by atoms with E-state index in [-0.39, 0.29) is 6.07 Å². The molecule has 9 nitrogen and oxygen atoms in total. The Balaban J connectivity index is 2.40. The molecule has 0 saturated heterocycles. The normalized spacial score (nSPS) is 24.6. The molecule has 182 valence electrons. The molecule has 1 fully saturated rings. The number of ether oxygens (including phenoxy) is 1. The summed E-state index contributed by atoms with van der Waals surface area (Å²) in [6.45, 7) is 3.16. The molecule has 4 unspecified atom stereocenters. The Kier molecular flexibility index (Phi) is 7.83. The summed E-state index contributed by atoms with van der Waals surface area (Å²) in [4.78, 5) is 28.3. The zero-order valence-electron chi connectivity index (χ0n) is 17.6. The fourth-order valence-electron chi connectivity index (χ4n) is 3.25. The van der Waals surface area contributed by atoms with Crippen LogP contribution in [0, 0.1) is 5.92 Å². The molecule has 32 heavy (non-hydrogen) atoms. The van der Waals surface area contributed by atoms with E-state index in [1.54, 1.807) is 13.8 Å². The molecule has 1 amide bonds. The molecule has 1 aromatic heterocycles. The predicted molar refractivity (Wildman–Crippen MR) is 106 cm³/mol. The van der Waals surface area contributed by atoms with Crippen LogP contribution in [0.25, 0.3) is 0 Å². The van der Waals surface area contributed by atoms with Crippen LogP contribution in [0.1, 0.15) is 38.4 Å². The van der Waals surface area contributed by atoms with Crippen LogP contribution in [0.4, 0.5) is 17.6 Å². The maximum Gasteiger partial charge on any atom is 0.433 e. The van der Waals surface area contributed by atoms with Crippen LogP contribution in [0.3, 0.4) is 0 Å². The lowest BCUT2D eigenvalue weighted by molar-refractivity contribution is -0.141. The van der Waals surface area contributed by atoms with Crippen molar-refractivity contribution in [2.24, 2.45) is 5.92 Å². The minimum atomic E-state index is -4.94. The van der Waals surface area contributed by atoms with Gasteiger partial charge in [0.2, 0.25) is 5.91 Å². The number of methoxy groups -OCH3 is 1. The fraction of sp³-hybridized carbons (Fsp3) is 0.706. The van der Waals surface area contributed by atoms with E-state index in [9.17, 15) is 35.6 Å². The Hall–Kier alpha value is -1.93. The number of rotatable bonds is 6. The molecular formula is C17H23ClF4N4O5S. The van der Waals surface area contributed by atoms with Gasteiger partial charge in [0, 0.05) is 24.5 Å². The number of carbonyl (C=O) groups is 1. The molecule has 4 atom stereocenters. The van der Waals surface area contributed by atoms with Crippen molar-refractivity contribution in [3.8, 4) is 6.01 Å². The van der Waals surface area contributed by atoms with Crippen molar-refractivity contribution in [3.05, 3.63) is 22.1 Å². The highest BCUT2D eigenvalue weighted by Gasteiger charge is 2.44. The Morgan fingerprint density at radius 3 is 2.47 bits per heavy atom. The molecule has 1 aliphatic carbocycles. The van der Waals surface area contributed by atoms with E-state index < -0.39 is 81.9 Å². The molecule has 1 saturated carbocycles. The van der Waals surface area contributed by atoms with Crippen molar-refractivity contribution in [3.63, 3.8) is 0 Å². The zero-order chi connectivity index (χ0) is 24.6. The maximum atomic E-state index is 14.8. The third kappa shape index (κ3) is 5.52. The first kappa shape index (κ1) is 26.3. The average Bonchev–Trinajstić information content (AvgIpc) is 2.66. The maximum absolute atomic E-state index is 14.8. The van der Waals surface area contributed by atoms with Crippen LogP contribution in [-0.2, 0) is 21.2 Å². The highest BCUT2D eigenvalue weighted by Crippen LogP contribution is 2.39. The van der Waals surface area contributed by atoms with E-state index in [1.165, 1.54) is 7.05 Å². The molecule has 1 N–H and O–H groups in total. The topological polar surface area (TPSA) is 111 Å². The molecule has 1 aromatic rings. The minimum absolute atomic E-state index is 0.194. The van der Waals surface area contributed by atoms with Crippen LogP contribution in [-0.4, -0.2) is 59.9 Å². The third-order valence-electron chi connectivity index (χ3n) is 5.20. The second kappa shape index (κ2) is 9.51. The summed E-state index contributed by atoms with van der Waals surface area (Å²) in [5, 5.41) is -1.12. The van der Waals surface area contributed by atoms with Crippen LogP contribution in [0.2, 0.25) is 0 Å². The summed E-state index contributed by atoms with van der Waals surface area (Å²) >= 11 is 6.10. The first-order valence-electron chi connectivity index (χ1n) is 9.42. The Labute approximate surface area is 186 Å². The van der Waals surface area contributed by atoms with Gasteiger partial charge in [-0.15, -0.1) is 11.6 Å². The number of hydrogen-bond acceptors (Lipinski definition) is 6. The van der Waals surface area contributed by atoms with Crippen molar-refractivity contribution >= 4 is 27.7 Å². The number of carbonyl (C=O) groups excluding carboxylic acids is 1. The summed E-state index contributed by atoms with van der Waals surface area (Å²) in [7, 11) is -2.02. The summed E-state index contributed by atoms with van der Waals surface area (Å²) < 4.78 is 86.5. The number of alkyl halides is 5. The van der Waals surface area contributed by atoms with Gasteiger partial charge in [0.05, 0.1) is 19.1 Å². The monoisotopic (exact) mass is 506 g/mol. The Morgan fingerprint density at radius 2 is 1.97 bits per heavy atom. The zero-order valence-corrected chi connectivity index (χ0v) is 19.1. The van der Waals surface area contributed by atoms with Gasteiger partial charge in [0.15, 0.2) is 5.69 Å². The van der Waals surface area contributed by atoms with E-state index in [0.717, 1.165) is 11.4 Å². The van der Waals surface area contributed by atoms with Gasteiger partial charge in [-0.1, -0.05) is 0 Å². The van der Waals surface area contributed by atoms with Gasteiger partial charge in [-0.25, -0.2) is 9.11 Å². The van der Waals surface area contributed by atoms with Gasteiger partial charge in [-0.2, -0.15) is 30.9 Å². The van der Waals surface area contributed by atoms with Gasteiger partial charge in [0.25, 0.3) is 11.6 Å². The second-order valence-electron chi connectivity index (χ2n) is 7.59. The molecule has 0 radical (unpaired) electrons. The average molecular weight is 507 g/mol. The van der Waals surface area contributed by atoms with E-state index in [2.05, 4.69) is 4.98 Å². The van der Waals surface area contributed by atoms with Crippen molar-refractivity contribution in [1.82, 2.24) is 18.6 Å². The summed E-state index contributed by atoms with van der Waals surface area (Å²) in [6, 6.07) is -2.53. The fourth-order valence-corrected chi connectivity index (χ4v) is 4.74. The highest BCUT2D eigenvalue weighted by molar-refractivity contribution is 7.87. The molecule has 2 rings (SSSR count). The molecule has 1 aliphatic rings. The first-order chi connectivity index (χ1) is 14.6. The lowest BCUT2D eigenvalue weighted by Crippen LogP contribution is -2.50. The molecule has 0 aliphatic heterocycles. The lowest BCUT2D eigenvalue weighted by Gasteiger charge is -2.36. The number of halogens is 5. The standard InChI is InChI=1S/C17H23ClF4N4O5S/c1-8(2)25(3)32(29,30)24-15(28)9-5-12(11(19)6-10(9)18)26-14(27)7-13(17(20,21)22)23-16(26)31-4/h7-12H,5-6H2,1-4H3,(H,24,28). The summed E-state index contributed by atoms with van der Waals surface area (Å²) in [6.07, 6.45) is -7.69. The van der Waals surface area contributed by atoms with Crippen molar-refractivity contribution < 1.29 is 35.5 Å². The van der Waals surface area contributed by atoms with Crippen molar-refractivity contribution in [1.29, 1.82) is 0 Å². The van der Waals surface area contributed by atoms with E-state index in [1.807, 2.05) is 4.72 Å². The van der Waals surface area contributed by atoms with Gasteiger partial charge >= 0.3 is 16.4 Å². The van der Waals surface area contributed by atoms with Gasteiger partial charge < -0.3 is 4.74 Å². The minimum Gasteiger partial charge on any atom is -0.468 e. The number of nitrogens with zero attached hydrogens (tertiary/aromatic N) is 3. The van der Waals surface area contributed by atoms with Crippen LogP contribution in [0.15, 0.2) is 10.9 Å². The molecule has 0 spiro atoms. The number of hydrogen-bond donors (Lipinski definition) is 1. The van der Waals surface area contributed by atoms with Crippen molar-refractivity contribution in [2.45, 2.75) is 56.5 Å². The molecule has 0 aromatic carbocycles. The van der Waals surface area contributed by atoms with E-state index in [0.29, 0.717) is 4.57 Å². The van der Waals surface area contributed by atoms with Crippen molar-refractivity contribution in [2.75, 3.05) is 14.2 Å². The van der Waals surface area contributed by atoms with E-state index >= 15 is 0 Å². The van der Waals surface area contributed by atoms with Gasteiger partial charge in [-0.05, 0) is 26.7 Å². The van der Waals surface area contributed by atoms with Gasteiger partial charge in [0.1, 0.15) is 6.17 Å². The smallest absolute Gasteiger partial charge is 0.433 e. The van der Waals surface area contributed by atoms with Gasteiger partial charge in [-0.3, -0.25) is 14.2 Å². The van der Waals surface area contributed by atoms with Crippen LogP contribution >= 0.6 is 11.6 Å². The largest absolute Gasteiger partial charge is 0.468 e. The molecule has 0 bridgehead atoms. The Bertz CT molecular complexity index is 1020. The second-order valence-corrected chi connectivity index (χ2v) is 9.88. The van der Waals surface area contributed by atoms with Crippen LogP contribution < -0.4 is 15.0 Å². The number of aromatic nitrogens is 2. The lowest BCUT2D eigenvalue weighted by atomic mass is 9.83. The summed E-state index contributed by atoms with van der Waals surface area (Å²) in [5.74, 6) is -2.29.